The average molecular weight is 279 g/mol. The summed E-state index contributed by atoms with van der Waals surface area (Å²) in [4.78, 5) is 0. The third kappa shape index (κ3) is 6.29. The Balaban J connectivity index is 2.38. The molecule has 0 unspecified atom stereocenters. The lowest BCUT2D eigenvalue weighted by Crippen LogP contribution is -2.14. The molecule has 114 valence electrons. The number of hydrogen-bond donors (Lipinski definition) is 1. The highest BCUT2D eigenvalue weighted by Crippen LogP contribution is 2.28. The molecule has 0 spiro atoms. The van der Waals surface area contributed by atoms with Gasteiger partial charge in [-0.15, -0.1) is 0 Å². The monoisotopic (exact) mass is 279 g/mol. The van der Waals surface area contributed by atoms with Crippen LogP contribution < -0.4 is 14.8 Å². The van der Waals surface area contributed by atoms with Crippen LogP contribution in [0.4, 0.5) is 0 Å². The average Bonchev–Trinajstić information content (AvgIpc) is 2.49. The highest BCUT2D eigenvalue weighted by molar-refractivity contribution is 5.42. The minimum atomic E-state index is 0.728. The van der Waals surface area contributed by atoms with Crippen molar-refractivity contribution < 1.29 is 9.47 Å². The summed E-state index contributed by atoms with van der Waals surface area (Å²) < 4.78 is 11.0. The van der Waals surface area contributed by atoms with E-state index in [1.165, 1.54) is 31.2 Å². The first-order valence-electron chi connectivity index (χ1n) is 7.82. The Morgan fingerprint density at radius 1 is 1.00 bits per heavy atom. The van der Waals surface area contributed by atoms with Crippen molar-refractivity contribution in [3.63, 3.8) is 0 Å². The fourth-order valence-electron chi connectivity index (χ4n) is 2.06. The van der Waals surface area contributed by atoms with Crippen molar-refractivity contribution in [1.82, 2.24) is 5.32 Å². The normalized spacial score (nSPS) is 10.6. The van der Waals surface area contributed by atoms with E-state index < -0.39 is 0 Å². The molecule has 1 aromatic carbocycles. The summed E-state index contributed by atoms with van der Waals surface area (Å²) in [5, 5.41) is 3.48. The number of ether oxygens (including phenoxy) is 2. The molecule has 0 amide bonds. The van der Waals surface area contributed by atoms with Crippen LogP contribution in [0.5, 0.6) is 11.5 Å². The fraction of sp³-hybridized carbons (Fsp3) is 0.647. The summed E-state index contributed by atoms with van der Waals surface area (Å²) >= 11 is 0. The van der Waals surface area contributed by atoms with E-state index in [0.717, 1.165) is 37.6 Å². The predicted octanol–water partition coefficient (Wildman–Crippen LogP) is 4.15. The van der Waals surface area contributed by atoms with E-state index in [1.807, 2.05) is 6.07 Å². The highest BCUT2D eigenvalue weighted by atomic mass is 16.5. The number of rotatable bonds is 11. The van der Waals surface area contributed by atoms with Gasteiger partial charge in [-0.1, -0.05) is 39.2 Å². The van der Waals surface area contributed by atoms with Crippen LogP contribution in [-0.2, 0) is 6.54 Å². The lowest BCUT2D eigenvalue weighted by Gasteiger charge is -2.12. The number of methoxy groups -OCH3 is 1. The second-order valence-electron chi connectivity index (χ2n) is 5.07. The number of unbranched alkanes of at least 4 members (excludes halogenated alkanes) is 3. The SMILES string of the molecule is CCCCCCNCc1ccc(OCCC)c(OC)c1. The van der Waals surface area contributed by atoms with Crippen molar-refractivity contribution >= 4 is 0 Å². The van der Waals surface area contributed by atoms with Crippen LogP contribution in [0.2, 0.25) is 0 Å². The maximum atomic E-state index is 5.66. The molecule has 3 heteroatoms. The first-order chi connectivity index (χ1) is 9.81. The summed E-state index contributed by atoms with van der Waals surface area (Å²) in [5.74, 6) is 1.66. The van der Waals surface area contributed by atoms with Crippen LogP contribution >= 0.6 is 0 Å². The Labute approximate surface area is 123 Å². The lowest BCUT2D eigenvalue weighted by atomic mass is 10.2. The zero-order valence-electron chi connectivity index (χ0n) is 13.2. The summed E-state index contributed by atoms with van der Waals surface area (Å²) in [6, 6.07) is 6.17. The maximum absolute atomic E-state index is 5.66. The molecule has 0 bridgehead atoms. The molecule has 0 saturated carbocycles. The van der Waals surface area contributed by atoms with Gasteiger partial charge in [0, 0.05) is 6.54 Å². The van der Waals surface area contributed by atoms with Gasteiger partial charge in [0.25, 0.3) is 0 Å². The third-order valence-corrected chi connectivity index (χ3v) is 3.23. The van der Waals surface area contributed by atoms with Gasteiger partial charge >= 0.3 is 0 Å². The predicted molar refractivity (Wildman–Crippen MR) is 84.6 cm³/mol. The molecule has 0 aliphatic rings. The van der Waals surface area contributed by atoms with E-state index in [9.17, 15) is 0 Å². The summed E-state index contributed by atoms with van der Waals surface area (Å²) in [7, 11) is 1.69. The largest absolute Gasteiger partial charge is 0.493 e. The van der Waals surface area contributed by atoms with Crippen LogP contribution in [0.3, 0.4) is 0 Å². The molecule has 0 heterocycles. The molecule has 0 radical (unpaired) electrons. The number of nitrogens with one attached hydrogen (secondary N) is 1. The quantitative estimate of drug-likeness (QED) is 0.617. The van der Waals surface area contributed by atoms with Crippen LogP contribution in [0, 0.1) is 0 Å². The van der Waals surface area contributed by atoms with Gasteiger partial charge in [0.1, 0.15) is 0 Å². The molecule has 0 fully saturated rings. The van der Waals surface area contributed by atoms with Crippen molar-refractivity contribution in [2.45, 2.75) is 52.5 Å². The van der Waals surface area contributed by atoms with Crippen molar-refractivity contribution in [2.75, 3.05) is 20.3 Å². The Morgan fingerprint density at radius 2 is 1.85 bits per heavy atom. The molecule has 0 aliphatic carbocycles. The lowest BCUT2D eigenvalue weighted by molar-refractivity contribution is 0.294. The topological polar surface area (TPSA) is 30.5 Å². The molecule has 1 aromatic rings. The molecular formula is C17H29NO2. The second-order valence-corrected chi connectivity index (χ2v) is 5.07. The highest BCUT2D eigenvalue weighted by Gasteiger charge is 2.05. The maximum Gasteiger partial charge on any atom is 0.161 e. The van der Waals surface area contributed by atoms with Crippen molar-refractivity contribution in [3.8, 4) is 11.5 Å². The fourth-order valence-corrected chi connectivity index (χ4v) is 2.06. The third-order valence-electron chi connectivity index (χ3n) is 3.23. The molecule has 3 nitrogen and oxygen atoms in total. The summed E-state index contributed by atoms with van der Waals surface area (Å²) in [5.41, 5.74) is 1.24. The van der Waals surface area contributed by atoms with E-state index in [-0.39, 0.29) is 0 Å². The van der Waals surface area contributed by atoms with Gasteiger partial charge in [-0.2, -0.15) is 0 Å². The van der Waals surface area contributed by atoms with E-state index >= 15 is 0 Å². The minimum Gasteiger partial charge on any atom is -0.493 e. The van der Waals surface area contributed by atoms with E-state index in [2.05, 4.69) is 31.3 Å². The van der Waals surface area contributed by atoms with Crippen LogP contribution in [0.25, 0.3) is 0 Å². The smallest absolute Gasteiger partial charge is 0.161 e. The molecule has 1 N–H and O–H groups in total. The molecule has 20 heavy (non-hydrogen) atoms. The summed E-state index contributed by atoms with van der Waals surface area (Å²) in [6.07, 6.45) is 6.19. The van der Waals surface area contributed by atoms with Gasteiger partial charge in [0.2, 0.25) is 0 Å². The van der Waals surface area contributed by atoms with Gasteiger partial charge in [-0.3, -0.25) is 0 Å². The van der Waals surface area contributed by atoms with Crippen molar-refractivity contribution in [1.29, 1.82) is 0 Å². The summed E-state index contributed by atoms with van der Waals surface area (Å²) in [6.45, 7) is 7.03. The van der Waals surface area contributed by atoms with Gasteiger partial charge in [0.15, 0.2) is 11.5 Å². The number of benzene rings is 1. The van der Waals surface area contributed by atoms with E-state index in [0.29, 0.717) is 0 Å². The molecular weight excluding hydrogens is 250 g/mol. The van der Waals surface area contributed by atoms with Crippen LogP contribution in [0.1, 0.15) is 51.5 Å². The molecule has 0 aromatic heterocycles. The van der Waals surface area contributed by atoms with Crippen LogP contribution in [0.15, 0.2) is 18.2 Å². The van der Waals surface area contributed by atoms with Gasteiger partial charge in [-0.05, 0) is 37.1 Å². The second kappa shape index (κ2) is 10.6. The zero-order valence-corrected chi connectivity index (χ0v) is 13.2. The Kier molecular flexibility index (Phi) is 8.88. The molecule has 0 atom stereocenters. The van der Waals surface area contributed by atoms with Gasteiger partial charge < -0.3 is 14.8 Å². The van der Waals surface area contributed by atoms with Crippen LogP contribution in [-0.4, -0.2) is 20.3 Å². The first kappa shape index (κ1) is 16.8. The number of hydrogen-bond acceptors (Lipinski definition) is 3. The van der Waals surface area contributed by atoms with Gasteiger partial charge in [0.05, 0.1) is 13.7 Å². The standard InChI is InChI=1S/C17H29NO2/c1-4-6-7-8-11-18-14-15-9-10-16(20-12-5-2)17(13-15)19-3/h9-10,13,18H,4-8,11-12,14H2,1-3H3. The molecule has 0 saturated heterocycles. The van der Waals surface area contributed by atoms with Crippen molar-refractivity contribution in [2.24, 2.45) is 0 Å². The molecule has 1 rings (SSSR count). The first-order valence-corrected chi connectivity index (χ1v) is 7.82. The zero-order chi connectivity index (χ0) is 14.6. The van der Waals surface area contributed by atoms with E-state index in [4.69, 9.17) is 9.47 Å². The minimum absolute atomic E-state index is 0.728. The Hall–Kier alpha value is -1.22. The van der Waals surface area contributed by atoms with Gasteiger partial charge in [-0.25, -0.2) is 0 Å². The Morgan fingerprint density at radius 3 is 2.55 bits per heavy atom. The van der Waals surface area contributed by atoms with E-state index in [1.54, 1.807) is 7.11 Å². The van der Waals surface area contributed by atoms with Crippen molar-refractivity contribution in [3.05, 3.63) is 23.8 Å². The molecule has 0 aliphatic heterocycles. The Bertz CT molecular complexity index is 366.